The van der Waals surface area contributed by atoms with Crippen LogP contribution in [-0.2, 0) is 0 Å². The first-order valence-corrected chi connectivity index (χ1v) is 10.6. The molecule has 5 rings (SSSR count). The largest absolute Gasteiger partial charge is 0.508 e. The molecule has 4 aromatic rings. The highest BCUT2D eigenvalue weighted by atomic mass is 32.2. The van der Waals surface area contributed by atoms with Crippen molar-refractivity contribution in [2.45, 2.75) is 21.6 Å². The number of thiol groups is 1. The van der Waals surface area contributed by atoms with Gasteiger partial charge in [0.05, 0.1) is 0 Å². The van der Waals surface area contributed by atoms with E-state index in [0.29, 0.717) is 0 Å². The Labute approximate surface area is 167 Å². The van der Waals surface area contributed by atoms with Crippen molar-refractivity contribution in [3.63, 3.8) is 0 Å². The molecule has 1 N–H and O–H groups in total. The van der Waals surface area contributed by atoms with E-state index in [1.807, 2.05) is 25.1 Å². The van der Waals surface area contributed by atoms with E-state index in [2.05, 4.69) is 60.7 Å². The smallest absolute Gasteiger partial charge is 0.127 e. The van der Waals surface area contributed by atoms with Crippen LogP contribution in [0.3, 0.4) is 0 Å². The van der Waals surface area contributed by atoms with Gasteiger partial charge >= 0.3 is 0 Å². The summed E-state index contributed by atoms with van der Waals surface area (Å²) in [6.45, 7) is 1.86. The molecule has 0 saturated heterocycles. The molecule has 0 amide bonds. The molecule has 0 aromatic heterocycles. The number of rotatable bonds is 3. The molecule has 2 nitrogen and oxygen atoms in total. The molecule has 0 atom stereocenters. The van der Waals surface area contributed by atoms with Gasteiger partial charge in [0.15, 0.2) is 0 Å². The monoisotopic (exact) mass is 384 g/mol. The summed E-state index contributed by atoms with van der Waals surface area (Å²) in [6, 6.07) is 31.1. The van der Waals surface area contributed by atoms with Crippen LogP contribution in [0, 0.1) is 6.92 Å². The van der Waals surface area contributed by atoms with Crippen LogP contribution >= 0.6 is 10.9 Å². The van der Waals surface area contributed by atoms with Gasteiger partial charge in [-0.25, -0.2) is 0 Å². The zero-order chi connectivity index (χ0) is 19.1. The lowest BCUT2D eigenvalue weighted by atomic mass is 10.1. The molecule has 0 aliphatic carbocycles. The lowest BCUT2D eigenvalue weighted by molar-refractivity contribution is 0.460. The highest BCUT2D eigenvalue weighted by molar-refractivity contribution is 8.17. The average molecular weight is 385 g/mol. The van der Waals surface area contributed by atoms with Crippen molar-refractivity contribution in [3.8, 4) is 28.4 Å². The zero-order valence-electron chi connectivity index (χ0n) is 15.5. The molecule has 0 spiro atoms. The van der Waals surface area contributed by atoms with Gasteiger partial charge in [0.25, 0.3) is 0 Å². The van der Waals surface area contributed by atoms with Crippen molar-refractivity contribution in [3.05, 3.63) is 96.6 Å². The Hall–Kier alpha value is -3.17. The molecule has 0 radical (unpaired) electrons. The second kappa shape index (κ2) is 6.77. The summed E-state index contributed by atoms with van der Waals surface area (Å²) in [5, 5.41) is 9.67. The Morgan fingerprint density at radius 2 is 1.25 bits per heavy atom. The third-order valence-electron chi connectivity index (χ3n) is 5.08. The van der Waals surface area contributed by atoms with Gasteiger partial charge in [-0.1, -0.05) is 36.4 Å². The number of hydrogen-bond donors (Lipinski definition) is 2. The lowest BCUT2D eigenvalue weighted by Crippen LogP contribution is -1.87. The molecule has 4 aromatic carbocycles. The van der Waals surface area contributed by atoms with Gasteiger partial charge < -0.3 is 9.84 Å². The molecule has 1 aliphatic rings. The number of aryl methyl sites for hydroxylation is 1. The third kappa shape index (κ3) is 2.85. The minimum absolute atomic E-state index is 0.282. The van der Waals surface area contributed by atoms with Crippen LogP contribution in [0.25, 0.3) is 11.1 Å². The molecule has 138 valence electrons. The van der Waals surface area contributed by atoms with E-state index in [1.165, 1.54) is 25.8 Å². The number of fused-ring (bicyclic) bond motifs is 3. The van der Waals surface area contributed by atoms with Crippen LogP contribution in [-0.4, -0.2) is 5.11 Å². The maximum atomic E-state index is 9.67. The number of phenols is 1. The minimum Gasteiger partial charge on any atom is -0.508 e. The lowest BCUT2D eigenvalue weighted by Gasteiger charge is -2.19. The van der Waals surface area contributed by atoms with Crippen LogP contribution in [0.15, 0.2) is 106 Å². The van der Waals surface area contributed by atoms with E-state index >= 15 is 0 Å². The van der Waals surface area contributed by atoms with Crippen LogP contribution < -0.4 is 4.74 Å². The Bertz CT molecular complexity index is 1120. The summed E-state index contributed by atoms with van der Waals surface area (Å²) >= 11 is 0. The normalized spacial score (nSPS) is 13.1. The molecule has 0 unspecified atom stereocenters. The minimum atomic E-state index is -0.542. The van der Waals surface area contributed by atoms with Crippen LogP contribution in [0.4, 0.5) is 0 Å². The van der Waals surface area contributed by atoms with E-state index in [0.717, 1.165) is 17.1 Å². The molecule has 1 aliphatic heterocycles. The van der Waals surface area contributed by atoms with Crippen molar-refractivity contribution in [2.75, 3.05) is 0 Å². The summed E-state index contributed by atoms with van der Waals surface area (Å²) in [6.07, 6.45) is 0. The van der Waals surface area contributed by atoms with E-state index in [9.17, 15) is 5.11 Å². The van der Waals surface area contributed by atoms with Crippen molar-refractivity contribution in [1.82, 2.24) is 0 Å². The predicted molar refractivity (Wildman–Crippen MR) is 115 cm³/mol. The first-order chi connectivity index (χ1) is 13.7. The standard InChI is InChI=1S/C25H20O2S/c1-17-16-19(12-15-23(17)26)27-18-10-13-20(14-11-18)28-24-8-4-2-6-21(24)22-7-3-5-9-25(22)28/h2-16,26,28H,1H3. The SMILES string of the molecule is Cc1cc(Oc2ccc([SH]3c4ccccc4-c4ccccc43)cc2)ccc1O. The number of benzene rings is 4. The van der Waals surface area contributed by atoms with Crippen molar-refractivity contribution >= 4 is 10.9 Å². The van der Waals surface area contributed by atoms with Crippen molar-refractivity contribution in [1.29, 1.82) is 0 Å². The molecular formula is C25H20O2S. The summed E-state index contributed by atoms with van der Waals surface area (Å²) in [5.41, 5.74) is 3.50. The molecule has 1 heterocycles. The second-order valence-corrected chi connectivity index (χ2v) is 9.06. The molecule has 0 saturated carbocycles. The van der Waals surface area contributed by atoms with Gasteiger partial charge in [0, 0.05) is 9.79 Å². The molecule has 0 fully saturated rings. The summed E-state index contributed by atoms with van der Waals surface area (Å²) in [4.78, 5) is 4.16. The first-order valence-electron chi connectivity index (χ1n) is 9.27. The Morgan fingerprint density at radius 1 is 0.679 bits per heavy atom. The van der Waals surface area contributed by atoms with Crippen LogP contribution in [0.1, 0.15) is 5.56 Å². The summed E-state index contributed by atoms with van der Waals surface area (Å²) < 4.78 is 5.97. The number of ether oxygens (including phenoxy) is 1. The van der Waals surface area contributed by atoms with Crippen molar-refractivity contribution in [2.24, 2.45) is 0 Å². The van der Waals surface area contributed by atoms with E-state index in [-0.39, 0.29) is 5.75 Å². The second-order valence-electron chi connectivity index (χ2n) is 6.91. The molecule has 28 heavy (non-hydrogen) atoms. The zero-order valence-corrected chi connectivity index (χ0v) is 16.4. The fourth-order valence-electron chi connectivity index (χ4n) is 3.69. The first kappa shape index (κ1) is 17.0. The van der Waals surface area contributed by atoms with E-state index < -0.39 is 10.9 Å². The third-order valence-corrected chi connectivity index (χ3v) is 7.64. The average Bonchev–Trinajstić information content (AvgIpc) is 3.06. The van der Waals surface area contributed by atoms with Gasteiger partial charge in [0.2, 0.25) is 0 Å². The van der Waals surface area contributed by atoms with Crippen LogP contribution in [0.2, 0.25) is 0 Å². The molecule has 3 heteroatoms. The van der Waals surface area contributed by atoms with Crippen LogP contribution in [0.5, 0.6) is 17.2 Å². The Balaban J connectivity index is 1.48. The quantitative estimate of drug-likeness (QED) is 0.330. The van der Waals surface area contributed by atoms with Crippen molar-refractivity contribution < 1.29 is 9.84 Å². The van der Waals surface area contributed by atoms with Gasteiger partial charge in [-0.15, -0.1) is 0 Å². The Kier molecular flexibility index (Phi) is 4.10. The predicted octanol–water partition coefficient (Wildman–Crippen LogP) is 6.95. The topological polar surface area (TPSA) is 29.5 Å². The van der Waals surface area contributed by atoms with E-state index in [4.69, 9.17) is 4.74 Å². The highest BCUT2D eigenvalue weighted by Crippen LogP contribution is 2.62. The van der Waals surface area contributed by atoms with Gasteiger partial charge in [-0.3, -0.25) is 0 Å². The maximum absolute atomic E-state index is 9.67. The molecule has 0 bridgehead atoms. The number of hydrogen-bond acceptors (Lipinski definition) is 2. The summed E-state index contributed by atoms with van der Waals surface area (Å²) in [5.74, 6) is 1.80. The van der Waals surface area contributed by atoms with E-state index in [1.54, 1.807) is 12.1 Å². The van der Waals surface area contributed by atoms with Gasteiger partial charge in [0.1, 0.15) is 17.2 Å². The fourth-order valence-corrected chi connectivity index (χ4v) is 6.30. The molecular weight excluding hydrogens is 364 g/mol. The summed E-state index contributed by atoms with van der Waals surface area (Å²) in [7, 11) is -0.542. The van der Waals surface area contributed by atoms with Gasteiger partial charge in [-0.05, 0) is 83.1 Å². The highest BCUT2D eigenvalue weighted by Gasteiger charge is 2.26. The maximum Gasteiger partial charge on any atom is 0.127 e. The number of aromatic hydroxyl groups is 1. The fraction of sp³-hybridized carbons (Fsp3) is 0.0400. The Morgan fingerprint density at radius 3 is 1.86 bits per heavy atom. The van der Waals surface area contributed by atoms with Gasteiger partial charge in [-0.2, -0.15) is 10.9 Å². The number of phenolic OH excluding ortho intramolecular Hbond substituents is 1.